The highest BCUT2D eigenvalue weighted by molar-refractivity contribution is 5.22. The van der Waals surface area contributed by atoms with Gasteiger partial charge in [0.05, 0.1) is 6.54 Å². The van der Waals surface area contributed by atoms with Crippen LogP contribution in [0.15, 0.2) is 37.2 Å². The molecular formula is C14H18F4N4O. The molecule has 0 amide bonds. The van der Waals surface area contributed by atoms with Crippen LogP contribution in [0.1, 0.15) is 12.5 Å². The number of hydrazine groups is 2. The number of aromatic nitrogens is 1. The van der Waals surface area contributed by atoms with Gasteiger partial charge in [0.2, 0.25) is 0 Å². The molecule has 9 heteroatoms. The SMILES string of the molecule is C=CCN(/C=C\Cc1cnc(OC(C)C(F)(F)F)c(F)c1)NN. The maximum absolute atomic E-state index is 13.7. The normalized spacial score (nSPS) is 13.1. The minimum Gasteiger partial charge on any atom is -0.463 e. The van der Waals surface area contributed by atoms with Gasteiger partial charge in [0, 0.05) is 12.4 Å². The summed E-state index contributed by atoms with van der Waals surface area (Å²) in [6.45, 7) is 4.80. The van der Waals surface area contributed by atoms with E-state index in [1.54, 1.807) is 18.4 Å². The highest BCUT2D eigenvalue weighted by Crippen LogP contribution is 2.25. The first-order valence-corrected chi connectivity index (χ1v) is 6.66. The number of nitrogens with one attached hydrogen (secondary N) is 1. The van der Waals surface area contributed by atoms with Crippen molar-refractivity contribution in [1.29, 1.82) is 0 Å². The summed E-state index contributed by atoms with van der Waals surface area (Å²) >= 11 is 0. The van der Waals surface area contributed by atoms with Gasteiger partial charge in [-0.25, -0.2) is 9.37 Å². The van der Waals surface area contributed by atoms with E-state index in [9.17, 15) is 17.6 Å². The summed E-state index contributed by atoms with van der Waals surface area (Å²) in [5.74, 6) is 3.63. The Labute approximate surface area is 131 Å². The van der Waals surface area contributed by atoms with E-state index in [2.05, 4.69) is 21.8 Å². The smallest absolute Gasteiger partial charge is 0.425 e. The van der Waals surface area contributed by atoms with Crippen molar-refractivity contribution in [1.82, 2.24) is 15.5 Å². The first kappa shape index (κ1) is 18.9. The maximum Gasteiger partial charge on any atom is 0.425 e. The zero-order valence-electron chi connectivity index (χ0n) is 12.5. The quantitative estimate of drug-likeness (QED) is 0.331. The molecule has 3 N–H and O–H groups in total. The minimum absolute atomic E-state index is 0.314. The van der Waals surface area contributed by atoms with Gasteiger partial charge in [-0.2, -0.15) is 18.7 Å². The summed E-state index contributed by atoms with van der Waals surface area (Å²) in [4.78, 5) is 3.58. The van der Waals surface area contributed by atoms with Crippen LogP contribution in [-0.2, 0) is 6.42 Å². The molecule has 1 heterocycles. The van der Waals surface area contributed by atoms with Crippen LogP contribution >= 0.6 is 0 Å². The molecular weight excluding hydrogens is 316 g/mol. The fraction of sp³-hybridized carbons (Fsp3) is 0.357. The summed E-state index contributed by atoms with van der Waals surface area (Å²) in [6.07, 6.45) is -0.237. The van der Waals surface area contributed by atoms with Gasteiger partial charge < -0.3 is 4.74 Å². The molecule has 1 aromatic rings. The molecule has 1 atom stereocenters. The number of halogens is 4. The Kier molecular flexibility index (Phi) is 6.98. The molecule has 1 rings (SSSR count). The largest absolute Gasteiger partial charge is 0.463 e. The maximum atomic E-state index is 13.7. The number of hydrogen-bond donors (Lipinski definition) is 2. The number of hydrogen-bond acceptors (Lipinski definition) is 5. The molecule has 0 radical (unpaired) electrons. The van der Waals surface area contributed by atoms with E-state index in [1.165, 1.54) is 11.2 Å². The number of ether oxygens (including phenoxy) is 1. The molecule has 0 aliphatic carbocycles. The van der Waals surface area contributed by atoms with Crippen molar-refractivity contribution < 1.29 is 22.3 Å². The van der Waals surface area contributed by atoms with Crippen LogP contribution in [0, 0.1) is 5.82 Å². The van der Waals surface area contributed by atoms with Gasteiger partial charge in [-0.05, 0) is 25.0 Å². The number of nitrogens with zero attached hydrogens (tertiary/aromatic N) is 2. The van der Waals surface area contributed by atoms with Gasteiger partial charge in [0.25, 0.3) is 5.88 Å². The molecule has 0 saturated heterocycles. The van der Waals surface area contributed by atoms with Crippen LogP contribution in [0.25, 0.3) is 0 Å². The molecule has 0 saturated carbocycles. The predicted molar refractivity (Wildman–Crippen MR) is 77.4 cm³/mol. The zero-order valence-corrected chi connectivity index (χ0v) is 12.5. The van der Waals surface area contributed by atoms with Gasteiger partial charge in [-0.1, -0.05) is 12.2 Å². The van der Waals surface area contributed by atoms with E-state index < -0.39 is 24.0 Å². The highest BCUT2D eigenvalue weighted by atomic mass is 19.4. The number of allylic oxidation sites excluding steroid dienone is 1. The van der Waals surface area contributed by atoms with Crippen LogP contribution in [0.2, 0.25) is 0 Å². The standard InChI is InChI=1S/C14H18F4N4O/c1-3-6-22(21-19)7-4-5-11-8-12(15)13(20-9-11)23-10(2)14(16,17)18/h3-4,7-10,21H,1,5-6,19H2,2H3/b7-4-. The lowest BCUT2D eigenvalue weighted by molar-refractivity contribution is -0.190. The minimum atomic E-state index is -4.58. The first-order chi connectivity index (χ1) is 10.8. The topological polar surface area (TPSA) is 63.4 Å². The second-order valence-corrected chi connectivity index (χ2v) is 4.59. The number of alkyl halides is 3. The monoisotopic (exact) mass is 334 g/mol. The van der Waals surface area contributed by atoms with Crippen LogP contribution in [0.4, 0.5) is 17.6 Å². The fourth-order valence-electron chi connectivity index (χ4n) is 1.51. The third-order valence-corrected chi connectivity index (χ3v) is 2.74. The molecule has 128 valence electrons. The Hall–Kier alpha value is -2.13. The summed E-state index contributed by atoms with van der Waals surface area (Å²) < 4.78 is 55.3. The van der Waals surface area contributed by atoms with Crippen LogP contribution in [0.3, 0.4) is 0 Å². The Balaban J connectivity index is 2.69. The first-order valence-electron chi connectivity index (χ1n) is 6.66. The fourth-order valence-corrected chi connectivity index (χ4v) is 1.51. The molecule has 0 bridgehead atoms. The van der Waals surface area contributed by atoms with Crippen LogP contribution in [0.5, 0.6) is 5.88 Å². The number of rotatable bonds is 8. The summed E-state index contributed by atoms with van der Waals surface area (Å²) in [7, 11) is 0. The average molecular weight is 334 g/mol. The Morgan fingerprint density at radius 3 is 2.74 bits per heavy atom. The van der Waals surface area contributed by atoms with Crippen molar-refractivity contribution in [3.8, 4) is 5.88 Å². The third kappa shape index (κ3) is 6.25. The molecule has 0 aromatic carbocycles. The van der Waals surface area contributed by atoms with Crippen LogP contribution in [-0.4, -0.2) is 28.8 Å². The van der Waals surface area contributed by atoms with Crippen molar-refractivity contribution >= 4 is 0 Å². The Bertz CT molecular complexity index is 548. The van der Waals surface area contributed by atoms with Crippen molar-refractivity contribution in [3.05, 3.63) is 48.6 Å². The highest BCUT2D eigenvalue weighted by Gasteiger charge is 2.38. The predicted octanol–water partition coefficient (Wildman–Crippen LogP) is 2.47. The van der Waals surface area contributed by atoms with E-state index in [1.807, 2.05) is 0 Å². The molecule has 0 spiro atoms. The summed E-state index contributed by atoms with van der Waals surface area (Å²) in [6, 6.07) is 1.07. The zero-order chi connectivity index (χ0) is 17.5. The molecule has 0 aliphatic heterocycles. The molecule has 23 heavy (non-hydrogen) atoms. The average Bonchev–Trinajstić information content (AvgIpc) is 2.47. The molecule has 1 unspecified atom stereocenters. The number of nitrogens with two attached hydrogens (primary N) is 1. The van der Waals surface area contributed by atoms with E-state index in [-0.39, 0.29) is 0 Å². The Morgan fingerprint density at radius 2 is 2.22 bits per heavy atom. The van der Waals surface area contributed by atoms with E-state index in [0.717, 1.165) is 13.0 Å². The summed E-state index contributed by atoms with van der Waals surface area (Å²) in [5.41, 5.74) is 2.88. The third-order valence-electron chi connectivity index (χ3n) is 2.74. The lowest BCUT2D eigenvalue weighted by atomic mass is 10.2. The molecule has 5 nitrogen and oxygen atoms in total. The summed E-state index contributed by atoms with van der Waals surface area (Å²) in [5, 5.41) is 1.53. The van der Waals surface area contributed by atoms with Crippen molar-refractivity contribution in [3.63, 3.8) is 0 Å². The lowest BCUT2D eigenvalue weighted by Crippen LogP contribution is -2.38. The van der Waals surface area contributed by atoms with E-state index >= 15 is 0 Å². The van der Waals surface area contributed by atoms with Crippen molar-refractivity contribution in [2.24, 2.45) is 5.84 Å². The van der Waals surface area contributed by atoms with E-state index in [0.29, 0.717) is 18.5 Å². The van der Waals surface area contributed by atoms with Gasteiger partial charge in [-0.3, -0.25) is 10.9 Å². The second kappa shape index (κ2) is 8.49. The molecule has 1 aromatic heterocycles. The van der Waals surface area contributed by atoms with Gasteiger partial charge in [0.15, 0.2) is 11.9 Å². The van der Waals surface area contributed by atoms with Gasteiger partial charge >= 0.3 is 6.18 Å². The van der Waals surface area contributed by atoms with E-state index in [4.69, 9.17) is 5.84 Å². The van der Waals surface area contributed by atoms with Gasteiger partial charge in [-0.15, -0.1) is 6.58 Å². The molecule has 0 aliphatic rings. The van der Waals surface area contributed by atoms with Crippen LogP contribution < -0.4 is 16.1 Å². The van der Waals surface area contributed by atoms with Gasteiger partial charge in [0.1, 0.15) is 0 Å². The second-order valence-electron chi connectivity index (χ2n) is 4.59. The number of pyridine rings is 1. The lowest BCUT2D eigenvalue weighted by Gasteiger charge is -2.17. The Morgan fingerprint density at radius 1 is 1.52 bits per heavy atom. The molecule has 0 fully saturated rings. The van der Waals surface area contributed by atoms with Crippen molar-refractivity contribution in [2.75, 3.05) is 6.54 Å². The van der Waals surface area contributed by atoms with Crippen molar-refractivity contribution in [2.45, 2.75) is 25.6 Å².